The first-order valence-corrected chi connectivity index (χ1v) is 9.52. The minimum absolute atomic E-state index is 0.0378. The Morgan fingerprint density at radius 1 is 1.23 bits per heavy atom. The molecule has 4 nitrogen and oxygen atoms in total. The Kier molecular flexibility index (Phi) is 4.57. The number of rotatable bonds is 5. The van der Waals surface area contributed by atoms with Crippen LogP contribution in [0.25, 0.3) is 20.5 Å². The van der Waals surface area contributed by atoms with E-state index >= 15 is 0 Å². The third kappa shape index (κ3) is 3.41. The highest BCUT2D eigenvalue weighted by atomic mass is 32.1. The largest absolute Gasteiger partial charge is 0.326 e. The number of anilines is 1. The molecule has 0 bridgehead atoms. The first-order valence-electron chi connectivity index (χ1n) is 8.70. The highest BCUT2D eigenvalue weighted by Crippen LogP contribution is 2.39. The Labute approximate surface area is 157 Å². The van der Waals surface area contributed by atoms with Crippen molar-refractivity contribution in [1.29, 1.82) is 0 Å². The molecule has 0 atom stereocenters. The van der Waals surface area contributed by atoms with Gasteiger partial charge in [0.1, 0.15) is 0 Å². The number of hydrogen-bond donors (Lipinski definition) is 1. The summed E-state index contributed by atoms with van der Waals surface area (Å²) in [7, 11) is 3.94. The van der Waals surface area contributed by atoms with Gasteiger partial charge in [0.25, 0.3) is 0 Å². The van der Waals surface area contributed by atoms with E-state index in [0.717, 1.165) is 17.8 Å². The topological polar surface area (TPSA) is 44.7 Å². The van der Waals surface area contributed by atoms with Gasteiger partial charge >= 0.3 is 0 Å². The van der Waals surface area contributed by atoms with E-state index in [9.17, 15) is 4.79 Å². The maximum atomic E-state index is 12.2. The molecule has 1 amide bonds. The molecule has 0 spiro atoms. The summed E-state index contributed by atoms with van der Waals surface area (Å²) >= 11 is 1.78. The lowest BCUT2D eigenvalue weighted by molar-refractivity contribution is -0.116. The highest BCUT2D eigenvalue weighted by Gasteiger charge is 2.17. The molecule has 0 radical (unpaired) electrons. The van der Waals surface area contributed by atoms with E-state index in [2.05, 4.69) is 46.7 Å². The van der Waals surface area contributed by atoms with Crippen LogP contribution in [0.3, 0.4) is 0 Å². The molecule has 1 aliphatic rings. The number of carbonyl (C=O) groups excluding carboxylic acids is 1. The Balaban J connectivity index is 1.68. The second kappa shape index (κ2) is 7.02. The van der Waals surface area contributed by atoms with Gasteiger partial charge in [-0.05, 0) is 54.9 Å². The van der Waals surface area contributed by atoms with Crippen molar-refractivity contribution in [1.82, 2.24) is 4.90 Å². The summed E-state index contributed by atoms with van der Waals surface area (Å²) in [5.41, 5.74) is 4.35. The molecule has 5 heteroatoms. The summed E-state index contributed by atoms with van der Waals surface area (Å²) in [6.07, 6.45) is 2.39. The fourth-order valence-electron chi connectivity index (χ4n) is 3.18. The lowest BCUT2D eigenvalue weighted by Gasteiger charge is -2.13. The molecule has 0 aliphatic carbocycles. The Hall–Kier alpha value is -2.50. The summed E-state index contributed by atoms with van der Waals surface area (Å²) in [6.45, 7) is 1.44. The minimum atomic E-state index is 0.0378. The predicted molar refractivity (Wildman–Crippen MR) is 110 cm³/mol. The lowest BCUT2D eigenvalue weighted by atomic mass is 10.0. The third-order valence-electron chi connectivity index (χ3n) is 4.53. The van der Waals surface area contributed by atoms with Crippen molar-refractivity contribution < 1.29 is 4.79 Å². The van der Waals surface area contributed by atoms with Crippen molar-refractivity contribution in [3.63, 3.8) is 0 Å². The quantitative estimate of drug-likeness (QED) is 0.731. The van der Waals surface area contributed by atoms with E-state index < -0.39 is 0 Å². The molecular weight excluding hydrogens is 342 g/mol. The molecule has 0 unspecified atom stereocenters. The van der Waals surface area contributed by atoms with Crippen LogP contribution in [-0.4, -0.2) is 37.7 Å². The number of hydrogen-bond acceptors (Lipinski definition) is 4. The Bertz CT molecular complexity index is 971. The zero-order valence-electron chi connectivity index (χ0n) is 15.0. The van der Waals surface area contributed by atoms with Crippen LogP contribution in [0, 0.1) is 0 Å². The van der Waals surface area contributed by atoms with Crippen molar-refractivity contribution in [3.05, 3.63) is 53.6 Å². The van der Waals surface area contributed by atoms with E-state index in [4.69, 9.17) is 0 Å². The average molecular weight is 363 g/mol. The molecule has 132 valence electrons. The minimum Gasteiger partial charge on any atom is -0.326 e. The van der Waals surface area contributed by atoms with Gasteiger partial charge in [0.2, 0.25) is 5.91 Å². The molecule has 0 saturated heterocycles. The number of benzene rings is 2. The molecule has 26 heavy (non-hydrogen) atoms. The van der Waals surface area contributed by atoms with Crippen LogP contribution in [0.1, 0.15) is 17.5 Å². The maximum Gasteiger partial charge on any atom is 0.225 e. The van der Waals surface area contributed by atoms with E-state index in [1.165, 1.54) is 26.1 Å². The van der Waals surface area contributed by atoms with E-state index in [1.807, 2.05) is 31.3 Å². The zero-order valence-corrected chi connectivity index (χ0v) is 15.8. The molecule has 1 aromatic heterocycles. The summed E-state index contributed by atoms with van der Waals surface area (Å²) in [6, 6.07) is 14.8. The molecule has 0 saturated carbocycles. The standard InChI is InChI=1S/C21H21N3OS/c1-24(2)8-7-21(25)23-16-9-15-12-22-13-18(15)17(11-16)20-10-14-5-3-4-6-19(14)26-20/h3-6,9-12H,7-8,13H2,1-2H3,(H,23,25). The van der Waals surface area contributed by atoms with Gasteiger partial charge in [0.15, 0.2) is 0 Å². The van der Waals surface area contributed by atoms with Crippen LogP contribution in [0.4, 0.5) is 5.69 Å². The normalized spacial score (nSPS) is 12.7. The van der Waals surface area contributed by atoms with Gasteiger partial charge < -0.3 is 10.2 Å². The molecule has 2 heterocycles. The van der Waals surface area contributed by atoms with Crippen molar-refractivity contribution in [2.24, 2.45) is 4.99 Å². The zero-order chi connectivity index (χ0) is 18.1. The smallest absolute Gasteiger partial charge is 0.225 e. The molecule has 1 aliphatic heterocycles. The molecule has 1 N–H and O–H groups in total. The monoisotopic (exact) mass is 363 g/mol. The van der Waals surface area contributed by atoms with Crippen LogP contribution in [0.15, 0.2) is 47.5 Å². The van der Waals surface area contributed by atoms with Crippen molar-refractivity contribution >= 4 is 39.2 Å². The molecule has 3 aromatic rings. The highest BCUT2D eigenvalue weighted by molar-refractivity contribution is 7.22. The van der Waals surface area contributed by atoms with Gasteiger partial charge in [-0.3, -0.25) is 9.79 Å². The number of amides is 1. The Morgan fingerprint density at radius 2 is 2.08 bits per heavy atom. The van der Waals surface area contributed by atoms with Gasteiger partial charge in [0, 0.05) is 40.0 Å². The van der Waals surface area contributed by atoms with E-state index in [0.29, 0.717) is 13.0 Å². The average Bonchev–Trinajstić information content (AvgIpc) is 3.25. The van der Waals surface area contributed by atoms with Crippen molar-refractivity contribution in [2.75, 3.05) is 26.0 Å². The third-order valence-corrected chi connectivity index (χ3v) is 5.67. The lowest BCUT2D eigenvalue weighted by Crippen LogP contribution is -2.20. The van der Waals surface area contributed by atoms with Crippen molar-refractivity contribution in [2.45, 2.75) is 13.0 Å². The van der Waals surface area contributed by atoms with Gasteiger partial charge in [-0.2, -0.15) is 0 Å². The van der Waals surface area contributed by atoms with Crippen LogP contribution < -0.4 is 5.32 Å². The van der Waals surface area contributed by atoms with Crippen molar-refractivity contribution in [3.8, 4) is 10.4 Å². The predicted octanol–water partition coefficient (Wildman–Crippen LogP) is 4.39. The second-order valence-corrected chi connectivity index (χ2v) is 7.90. The summed E-state index contributed by atoms with van der Waals surface area (Å²) in [5.74, 6) is 0.0378. The summed E-state index contributed by atoms with van der Waals surface area (Å²) in [4.78, 5) is 19.9. The number of nitrogens with zero attached hydrogens (tertiary/aromatic N) is 2. The first kappa shape index (κ1) is 16.9. The summed E-state index contributed by atoms with van der Waals surface area (Å²) in [5, 5.41) is 4.30. The molecular formula is C21H21N3OS. The molecule has 0 fully saturated rings. The fourth-order valence-corrected chi connectivity index (χ4v) is 4.28. The number of fused-ring (bicyclic) bond motifs is 2. The number of carbonyl (C=O) groups is 1. The van der Waals surface area contributed by atoms with Crippen LogP contribution in [0.2, 0.25) is 0 Å². The van der Waals surface area contributed by atoms with Gasteiger partial charge in [-0.25, -0.2) is 0 Å². The van der Waals surface area contributed by atoms with Crippen LogP contribution in [0.5, 0.6) is 0 Å². The van der Waals surface area contributed by atoms with Gasteiger partial charge in [-0.15, -0.1) is 11.3 Å². The first-order chi connectivity index (χ1) is 12.6. The van der Waals surface area contributed by atoms with Crippen LogP contribution >= 0.6 is 11.3 Å². The maximum absolute atomic E-state index is 12.2. The fraction of sp³-hybridized carbons (Fsp3) is 0.238. The number of nitrogens with one attached hydrogen (secondary N) is 1. The summed E-state index contributed by atoms with van der Waals surface area (Å²) < 4.78 is 1.27. The SMILES string of the molecule is CN(C)CCC(=O)Nc1cc2c(c(-c3cc4ccccc4s3)c1)CN=C2. The second-order valence-electron chi connectivity index (χ2n) is 6.81. The molecule has 2 aromatic carbocycles. The van der Waals surface area contributed by atoms with Gasteiger partial charge in [-0.1, -0.05) is 18.2 Å². The number of aliphatic imine (C=N–C) groups is 1. The Morgan fingerprint density at radius 3 is 2.88 bits per heavy atom. The van der Waals surface area contributed by atoms with Crippen LogP contribution in [-0.2, 0) is 11.3 Å². The number of thiophene rings is 1. The molecule has 4 rings (SSSR count). The van der Waals surface area contributed by atoms with Gasteiger partial charge in [0.05, 0.1) is 6.54 Å². The van der Waals surface area contributed by atoms with E-state index in [-0.39, 0.29) is 5.91 Å². The van der Waals surface area contributed by atoms with E-state index in [1.54, 1.807) is 11.3 Å².